The number of amides is 1. The van der Waals surface area contributed by atoms with Crippen LogP contribution in [0.2, 0.25) is 0 Å². The van der Waals surface area contributed by atoms with Gasteiger partial charge >= 0.3 is 0 Å². The Morgan fingerprint density at radius 3 is 2.90 bits per heavy atom. The largest absolute Gasteiger partial charge is 0.496 e. The molecule has 1 aliphatic carbocycles. The van der Waals surface area contributed by atoms with Gasteiger partial charge in [-0.25, -0.2) is 0 Å². The van der Waals surface area contributed by atoms with Gasteiger partial charge in [0.2, 0.25) is 0 Å². The van der Waals surface area contributed by atoms with Crippen molar-refractivity contribution in [2.24, 2.45) is 0 Å². The maximum absolute atomic E-state index is 12.5. The number of hydrogen-bond acceptors (Lipinski definition) is 2. The molecule has 0 saturated heterocycles. The highest BCUT2D eigenvalue weighted by molar-refractivity contribution is 9.10. The molecule has 1 aliphatic rings. The zero-order valence-electron chi connectivity index (χ0n) is 11.7. The number of hydrogen-bond donors (Lipinski definition) is 1. The van der Waals surface area contributed by atoms with Crippen molar-refractivity contribution in [3.05, 3.63) is 63.6 Å². The zero-order valence-corrected chi connectivity index (χ0v) is 13.3. The van der Waals surface area contributed by atoms with Crippen molar-refractivity contribution in [2.45, 2.75) is 18.9 Å². The van der Waals surface area contributed by atoms with Gasteiger partial charge in [-0.05, 0) is 42.2 Å². The summed E-state index contributed by atoms with van der Waals surface area (Å²) in [6, 6.07) is 13.8. The molecular weight excluding hydrogens is 330 g/mol. The van der Waals surface area contributed by atoms with Crippen molar-refractivity contribution < 1.29 is 9.53 Å². The smallest absolute Gasteiger partial charge is 0.255 e. The summed E-state index contributed by atoms with van der Waals surface area (Å²) in [6.07, 6.45) is 1.96. The van der Waals surface area contributed by atoms with E-state index < -0.39 is 0 Å². The topological polar surface area (TPSA) is 38.3 Å². The minimum atomic E-state index is -0.0962. The average molecular weight is 346 g/mol. The second-order valence-electron chi connectivity index (χ2n) is 5.11. The second-order valence-corrected chi connectivity index (χ2v) is 6.02. The maximum Gasteiger partial charge on any atom is 0.255 e. The third-order valence-electron chi connectivity index (χ3n) is 3.85. The number of fused-ring (bicyclic) bond motifs is 1. The van der Waals surface area contributed by atoms with Crippen LogP contribution in [0.3, 0.4) is 0 Å². The Bertz CT molecular complexity index is 684. The molecule has 0 saturated carbocycles. The molecule has 2 aromatic rings. The van der Waals surface area contributed by atoms with Gasteiger partial charge in [-0.1, -0.05) is 40.2 Å². The van der Waals surface area contributed by atoms with E-state index in [0.717, 1.165) is 17.3 Å². The van der Waals surface area contributed by atoms with Crippen molar-refractivity contribution in [1.29, 1.82) is 0 Å². The molecule has 1 atom stereocenters. The molecule has 3 nitrogen and oxygen atoms in total. The van der Waals surface area contributed by atoms with Gasteiger partial charge in [0.05, 0.1) is 18.7 Å². The highest BCUT2D eigenvalue weighted by atomic mass is 79.9. The summed E-state index contributed by atoms with van der Waals surface area (Å²) in [7, 11) is 1.57. The van der Waals surface area contributed by atoms with Crippen molar-refractivity contribution in [1.82, 2.24) is 5.32 Å². The number of carbonyl (C=O) groups is 1. The van der Waals surface area contributed by atoms with Crippen LogP contribution in [0.4, 0.5) is 0 Å². The molecule has 21 heavy (non-hydrogen) atoms. The third kappa shape index (κ3) is 2.81. The molecule has 0 heterocycles. The average Bonchev–Trinajstić information content (AvgIpc) is 2.90. The van der Waals surface area contributed by atoms with Gasteiger partial charge in [0.15, 0.2) is 0 Å². The van der Waals surface area contributed by atoms with Gasteiger partial charge in [0.25, 0.3) is 5.91 Å². The Labute approximate surface area is 132 Å². The van der Waals surface area contributed by atoms with Crippen molar-refractivity contribution in [3.8, 4) is 5.75 Å². The van der Waals surface area contributed by atoms with Crippen LogP contribution < -0.4 is 10.1 Å². The highest BCUT2D eigenvalue weighted by Crippen LogP contribution is 2.31. The Hall–Kier alpha value is -1.81. The number of halogens is 1. The van der Waals surface area contributed by atoms with Gasteiger partial charge in [0.1, 0.15) is 5.75 Å². The molecule has 0 fully saturated rings. The molecule has 108 valence electrons. The highest BCUT2D eigenvalue weighted by Gasteiger charge is 2.24. The minimum absolute atomic E-state index is 0.0852. The van der Waals surface area contributed by atoms with E-state index in [1.165, 1.54) is 11.1 Å². The fraction of sp³-hybridized carbons (Fsp3) is 0.235. The number of ether oxygens (including phenoxy) is 1. The van der Waals surface area contributed by atoms with E-state index >= 15 is 0 Å². The van der Waals surface area contributed by atoms with Crippen molar-refractivity contribution in [2.75, 3.05) is 7.11 Å². The summed E-state index contributed by atoms with van der Waals surface area (Å²) >= 11 is 3.38. The second kappa shape index (κ2) is 5.90. The lowest BCUT2D eigenvalue weighted by atomic mass is 10.1. The summed E-state index contributed by atoms with van der Waals surface area (Å²) in [6.45, 7) is 0. The van der Waals surface area contributed by atoms with E-state index in [2.05, 4.69) is 33.4 Å². The summed E-state index contributed by atoms with van der Waals surface area (Å²) in [5.41, 5.74) is 3.11. The molecule has 1 unspecified atom stereocenters. The molecule has 0 bridgehead atoms. The first-order chi connectivity index (χ1) is 10.2. The van der Waals surface area contributed by atoms with Crippen LogP contribution in [0.1, 0.15) is 33.9 Å². The standard InChI is InChI=1S/C17H16BrNO2/c1-21-16-10-12(18)7-8-14(16)17(20)19-15-9-6-11-4-2-3-5-13(11)15/h2-5,7-8,10,15H,6,9H2,1H3,(H,19,20). The SMILES string of the molecule is COc1cc(Br)ccc1C(=O)NC1CCc2ccccc21. The van der Waals surface area contributed by atoms with Crippen LogP contribution in [0.25, 0.3) is 0 Å². The molecule has 0 aromatic heterocycles. The Balaban J connectivity index is 1.82. The number of benzene rings is 2. The van der Waals surface area contributed by atoms with Crippen molar-refractivity contribution in [3.63, 3.8) is 0 Å². The third-order valence-corrected chi connectivity index (χ3v) is 4.34. The molecule has 1 N–H and O–H groups in total. The Kier molecular flexibility index (Phi) is 3.97. The van der Waals surface area contributed by atoms with E-state index in [4.69, 9.17) is 4.74 Å². The normalized spacial score (nSPS) is 16.4. The summed E-state index contributed by atoms with van der Waals surface area (Å²) in [4.78, 5) is 12.5. The first kappa shape index (κ1) is 14.1. The predicted molar refractivity (Wildman–Crippen MR) is 85.7 cm³/mol. The Morgan fingerprint density at radius 2 is 2.10 bits per heavy atom. The lowest BCUT2D eigenvalue weighted by Crippen LogP contribution is -2.27. The van der Waals surface area contributed by atoms with E-state index in [0.29, 0.717) is 11.3 Å². The quantitative estimate of drug-likeness (QED) is 0.916. The van der Waals surface area contributed by atoms with Gasteiger partial charge in [-0.2, -0.15) is 0 Å². The van der Waals surface area contributed by atoms with E-state index in [1.807, 2.05) is 18.2 Å². The number of aryl methyl sites for hydroxylation is 1. The first-order valence-corrected chi connectivity index (χ1v) is 7.70. The molecule has 1 amide bonds. The van der Waals surface area contributed by atoms with Crippen LogP contribution in [-0.2, 0) is 6.42 Å². The van der Waals surface area contributed by atoms with Gasteiger partial charge in [0, 0.05) is 4.47 Å². The molecule has 0 spiro atoms. The van der Waals surface area contributed by atoms with Gasteiger partial charge < -0.3 is 10.1 Å². The minimum Gasteiger partial charge on any atom is -0.496 e. The molecule has 4 heteroatoms. The van der Waals surface area contributed by atoms with Gasteiger partial charge in [-0.15, -0.1) is 0 Å². The van der Waals surface area contributed by atoms with E-state index in [9.17, 15) is 4.79 Å². The Morgan fingerprint density at radius 1 is 1.29 bits per heavy atom. The fourth-order valence-electron chi connectivity index (χ4n) is 2.80. The number of nitrogens with one attached hydrogen (secondary N) is 1. The summed E-state index contributed by atoms with van der Waals surface area (Å²) < 4.78 is 6.18. The molecular formula is C17H16BrNO2. The van der Waals surface area contributed by atoms with Crippen LogP contribution >= 0.6 is 15.9 Å². The van der Waals surface area contributed by atoms with Crippen LogP contribution in [-0.4, -0.2) is 13.0 Å². The molecule has 0 radical (unpaired) electrons. The summed E-state index contributed by atoms with van der Waals surface area (Å²) in [5, 5.41) is 3.11. The lowest BCUT2D eigenvalue weighted by Gasteiger charge is -2.15. The lowest BCUT2D eigenvalue weighted by molar-refractivity contribution is 0.0933. The van der Waals surface area contributed by atoms with Crippen LogP contribution in [0, 0.1) is 0 Å². The van der Waals surface area contributed by atoms with Crippen LogP contribution in [0.15, 0.2) is 46.9 Å². The van der Waals surface area contributed by atoms with Crippen LogP contribution in [0.5, 0.6) is 5.75 Å². The molecule has 2 aromatic carbocycles. The zero-order chi connectivity index (χ0) is 14.8. The predicted octanol–water partition coefficient (Wildman–Crippen LogP) is 3.88. The van der Waals surface area contributed by atoms with E-state index in [-0.39, 0.29) is 11.9 Å². The number of rotatable bonds is 3. The molecule has 0 aliphatic heterocycles. The van der Waals surface area contributed by atoms with E-state index in [1.54, 1.807) is 19.2 Å². The van der Waals surface area contributed by atoms with Gasteiger partial charge in [-0.3, -0.25) is 4.79 Å². The maximum atomic E-state index is 12.5. The monoisotopic (exact) mass is 345 g/mol. The number of carbonyl (C=O) groups excluding carboxylic acids is 1. The fourth-order valence-corrected chi connectivity index (χ4v) is 3.14. The van der Waals surface area contributed by atoms with Crippen molar-refractivity contribution >= 4 is 21.8 Å². The number of methoxy groups -OCH3 is 1. The first-order valence-electron chi connectivity index (χ1n) is 6.91. The molecule has 3 rings (SSSR count). The summed E-state index contributed by atoms with van der Waals surface area (Å²) in [5.74, 6) is 0.481.